The van der Waals surface area contributed by atoms with Crippen molar-refractivity contribution in [3.8, 4) is 11.4 Å². The van der Waals surface area contributed by atoms with Crippen molar-refractivity contribution in [3.05, 3.63) is 66.5 Å². The summed E-state index contributed by atoms with van der Waals surface area (Å²) in [7, 11) is 0. The standard InChI is InChI=1S/C20H19N3/c1-14-5-3-7-17(11-14)23-19-12-15(2)8-9-18(19)22-20(23)16-6-4-10-21-13-16/h3-4,6-14H,5H2,1-2H3. The summed E-state index contributed by atoms with van der Waals surface area (Å²) in [6.07, 6.45) is 11.5. The lowest BCUT2D eigenvalue weighted by molar-refractivity contribution is 0.734. The van der Waals surface area contributed by atoms with Gasteiger partial charge in [0.2, 0.25) is 0 Å². The van der Waals surface area contributed by atoms with E-state index in [2.05, 4.69) is 65.9 Å². The summed E-state index contributed by atoms with van der Waals surface area (Å²) < 4.78 is 2.26. The maximum atomic E-state index is 4.87. The monoisotopic (exact) mass is 301 g/mol. The molecule has 3 heteroatoms. The Kier molecular flexibility index (Phi) is 3.34. The van der Waals surface area contributed by atoms with Crippen LogP contribution >= 0.6 is 0 Å². The first-order valence-electron chi connectivity index (χ1n) is 8.00. The third-order valence-electron chi connectivity index (χ3n) is 4.24. The van der Waals surface area contributed by atoms with Gasteiger partial charge in [0.05, 0.1) is 11.0 Å². The zero-order valence-electron chi connectivity index (χ0n) is 13.4. The quantitative estimate of drug-likeness (QED) is 0.678. The molecule has 1 aliphatic carbocycles. The van der Waals surface area contributed by atoms with Crippen LogP contribution in [0, 0.1) is 12.8 Å². The summed E-state index contributed by atoms with van der Waals surface area (Å²) in [5.74, 6) is 1.49. The van der Waals surface area contributed by atoms with Crippen LogP contribution in [0.25, 0.3) is 28.1 Å². The molecule has 1 atom stereocenters. The summed E-state index contributed by atoms with van der Waals surface area (Å²) in [6, 6.07) is 10.4. The zero-order valence-corrected chi connectivity index (χ0v) is 13.4. The van der Waals surface area contributed by atoms with Gasteiger partial charge in [-0.05, 0) is 55.2 Å². The second-order valence-electron chi connectivity index (χ2n) is 6.21. The normalized spacial score (nSPS) is 17.5. The molecule has 2 aromatic heterocycles. The summed E-state index contributed by atoms with van der Waals surface area (Å²) in [5.41, 5.74) is 5.63. The predicted molar refractivity (Wildman–Crippen MR) is 94.9 cm³/mol. The number of allylic oxidation sites excluding steroid dienone is 4. The molecule has 1 aromatic carbocycles. The number of pyridine rings is 1. The number of benzene rings is 1. The fourth-order valence-corrected chi connectivity index (χ4v) is 3.10. The van der Waals surface area contributed by atoms with Crippen molar-refractivity contribution >= 4 is 16.7 Å². The van der Waals surface area contributed by atoms with Gasteiger partial charge in [0, 0.05) is 23.7 Å². The van der Waals surface area contributed by atoms with E-state index in [1.807, 2.05) is 12.3 Å². The van der Waals surface area contributed by atoms with E-state index in [-0.39, 0.29) is 0 Å². The van der Waals surface area contributed by atoms with Gasteiger partial charge >= 0.3 is 0 Å². The third-order valence-corrected chi connectivity index (χ3v) is 4.24. The Balaban J connectivity index is 2.03. The Morgan fingerprint density at radius 3 is 2.91 bits per heavy atom. The summed E-state index contributed by atoms with van der Waals surface area (Å²) in [6.45, 7) is 4.37. The average molecular weight is 301 g/mol. The SMILES string of the molecule is Cc1ccc2nc(-c3cccnc3)n(C3=CC(C)CC=C3)c2c1. The molecule has 0 N–H and O–H groups in total. The molecule has 3 nitrogen and oxygen atoms in total. The second kappa shape index (κ2) is 5.51. The fraction of sp³-hybridized carbons (Fsp3) is 0.200. The summed E-state index contributed by atoms with van der Waals surface area (Å²) >= 11 is 0. The lowest BCUT2D eigenvalue weighted by Crippen LogP contribution is -2.03. The lowest BCUT2D eigenvalue weighted by atomic mass is 10.0. The number of fused-ring (bicyclic) bond motifs is 1. The van der Waals surface area contributed by atoms with E-state index in [1.165, 1.54) is 11.3 Å². The molecule has 0 spiro atoms. The molecule has 0 aliphatic heterocycles. The van der Waals surface area contributed by atoms with Crippen molar-refractivity contribution in [2.45, 2.75) is 20.3 Å². The Morgan fingerprint density at radius 1 is 1.22 bits per heavy atom. The zero-order chi connectivity index (χ0) is 15.8. The molecule has 0 saturated heterocycles. The highest BCUT2D eigenvalue weighted by molar-refractivity contribution is 5.87. The fourth-order valence-electron chi connectivity index (χ4n) is 3.10. The van der Waals surface area contributed by atoms with Crippen molar-refractivity contribution in [2.75, 3.05) is 0 Å². The minimum atomic E-state index is 0.541. The van der Waals surface area contributed by atoms with Crippen LogP contribution < -0.4 is 0 Å². The first-order valence-corrected chi connectivity index (χ1v) is 8.00. The van der Waals surface area contributed by atoms with Gasteiger partial charge < -0.3 is 0 Å². The molecule has 114 valence electrons. The second-order valence-corrected chi connectivity index (χ2v) is 6.21. The van der Waals surface area contributed by atoms with Crippen LogP contribution in [-0.2, 0) is 0 Å². The molecule has 1 aliphatic rings. The van der Waals surface area contributed by atoms with E-state index in [9.17, 15) is 0 Å². The highest BCUT2D eigenvalue weighted by Gasteiger charge is 2.17. The van der Waals surface area contributed by atoms with Crippen molar-refractivity contribution in [2.24, 2.45) is 5.92 Å². The number of hydrogen-bond acceptors (Lipinski definition) is 2. The van der Waals surface area contributed by atoms with Crippen molar-refractivity contribution in [1.82, 2.24) is 14.5 Å². The number of nitrogens with zero attached hydrogens (tertiary/aromatic N) is 3. The lowest BCUT2D eigenvalue weighted by Gasteiger charge is -2.16. The van der Waals surface area contributed by atoms with Gasteiger partial charge in [0.25, 0.3) is 0 Å². The van der Waals surface area contributed by atoms with E-state index in [0.717, 1.165) is 28.8 Å². The van der Waals surface area contributed by atoms with Gasteiger partial charge in [-0.1, -0.05) is 25.1 Å². The smallest absolute Gasteiger partial charge is 0.147 e. The van der Waals surface area contributed by atoms with Crippen LogP contribution in [0.15, 0.2) is 61.0 Å². The molecular formula is C20H19N3. The van der Waals surface area contributed by atoms with Crippen molar-refractivity contribution < 1.29 is 0 Å². The Morgan fingerprint density at radius 2 is 2.13 bits per heavy atom. The van der Waals surface area contributed by atoms with E-state index in [1.54, 1.807) is 6.20 Å². The molecule has 4 rings (SSSR count). The molecule has 2 heterocycles. The first kappa shape index (κ1) is 13.9. The maximum Gasteiger partial charge on any atom is 0.147 e. The van der Waals surface area contributed by atoms with Gasteiger partial charge in [0.15, 0.2) is 0 Å². The molecular weight excluding hydrogens is 282 g/mol. The van der Waals surface area contributed by atoms with Gasteiger partial charge in [-0.15, -0.1) is 0 Å². The van der Waals surface area contributed by atoms with Gasteiger partial charge in [0.1, 0.15) is 5.82 Å². The van der Waals surface area contributed by atoms with Crippen molar-refractivity contribution in [1.29, 1.82) is 0 Å². The van der Waals surface area contributed by atoms with E-state index >= 15 is 0 Å². The highest BCUT2D eigenvalue weighted by atomic mass is 15.1. The first-order chi connectivity index (χ1) is 11.2. The number of imidazole rings is 1. The minimum Gasteiger partial charge on any atom is -0.293 e. The topological polar surface area (TPSA) is 30.7 Å². The summed E-state index contributed by atoms with van der Waals surface area (Å²) in [5, 5.41) is 0. The molecule has 0 amide bonds. The number of rotatable bonds is 2. The Bertz CT molecular complexity index is 917. The van der Waals surface area contributed by atoms with Crippen LogP contribution in [0.4, 0.5) is 0 Å². The summed E-state index contributed by atoms with van der Waals surface area (Å²) in [4.78, 5) is 9.13. The number of hydrogen-bond donors (Lipinski definition) is 0. The van der Waals surface area contributed by atoms with Crippen LogP contribution in [0.5, 0.6) is 0 Å². The molecule has 3 aromatic rings. The van der Waals surface area contributed by atoms with Crippen molar-refractivity contribution in [3.63, 3.8) is 0 Å². The van der Waals surface area contributed by atoms with E-state index in [0.29, 0.717) is 5.92 Å². The molecule has 1 unspecified atom stereocenters. The van der Waals surface area contributed by atoms with Crippen LogP contribution in [0.1, 0.15) is 18.9 Å². The molecule has 0 fully saturated rings. The van der Waals surface area contributed by atoms with Gasteiger partial charge in [-0.25, -0.2) is 4.98 Å². The van der Waals surface area contributed by atoms with Crippen LogP contribution in [-0.4, -0.2) is 14.5 Å². The average Bonchev–Trinajstić information content (AvgIpc) is 2.94. The van der Waals surface area contributed by atoms with Crippen LogP contribution in [0.3, 0.4) is 0 Å². The Labute approximate surface area is 136 Å². The molecule has 0 bridgehead atoms. The molecule has 23 heavy (non-hydrogen) atoms. The Hall–Kier alpha value is -2.68. The van der Waals surface area contributed by atoms with Gasteiger partial charge in [-0.3, -0.25) is 9.55 Å². The minimum absolute atomic E-state index is 0.541. The number of aromatic nitrogens is 3. The largest absolute Gasteiger partial charge is 0.293 e. The van der Waals surface area contributed by atoms with Gasteiger partial charge in [-0.2, -0.15) is 0 Å². The predicted octanol–water partition coefficient (Wildman–Crippen LogP) is 4.84. The third kappa shape index (κ3) is 2.48. The highest BCUT2D eigenvalue weighted by Crippen LogP contribution is 2.31. The van der Waals surface area contributed by atoms with E-state index in [4.69, 9.17) is 4.98 Å². The number of aryl methyl sites for hydroxylation is 1. The van der Waals surface area contributed by atoms with E-state index < -0.39 is 0 Å². The molecule has 0 saturated carbocycles. The maximum absolute atomic E-state index is 4.87. The molecule has 0 radical (unpaired) electrons. The van der Waals surface area contributed by atoms with Crippen LogP contribution in [0.2, 0.25) is 0 Å².